The highest BCUT2D eigenvalue weighted by molar-refractivity contribution is 5.83. The fourth-order valence-electron chi connectivity index (χ4n) is 4.10. The van der Waals surface area contributed by atoms with Crippen LogP contribution in [0.1, 0.15) is 24.8 Å². The van der Waals surface area contributed by atoms with Crippen molar-refractivity contribution in [1.29, 1.82) is 0 Å². The number of aryl methyl sites for hydroxylation is 1. The molecule has 130 valence electrons. The maximum atomic E-state index is 12.6. The van der Waals surface area contributed by atoms with Gasteiger partial charge in [0.2, 0.25) is 5.91 Å². The molecule has 2 aliphatic rings. The topological polar surface area (TPSA) is 57.6 Å². The molecule has 2 aromatic rings. The zero-order valence-corrected chi connectivity index (χ0v) is 14.2. The summed E-state index contributed by atoms with van der Waals surface area (Å²) in [7, 11) is 0. The Bertz CT molecular complexity index is 812. The molecule has 1 saturated carbocycles. The number of carboxylic acids is 1. The van der Waals surface area contributed by atoms with Gasteiger partial charge in [0.15, 0.2) is 0 Å². The predicted octanol–water partition coefficient (Wildman–Crippen LogP) is 3.34. The van der Waals surface area contributed by atoms with E-state index in [0.29, 0.717) is 31.8 Å². The molecule has 0 radical (unpaired) electrons. The molecule has 2 aromatic carbocycles. The first-order valence-electron chi connectivity index (χ1n) is 9.10. The number of carbonyl (C=O) groups is 2. The Morgan fingerprint density at radius 1 is 1.04 bits per heavy atom. The van der Waals surface area contributed by atoms with Crippen LogP contribution in [0.5, 0.6) is 0 Å². The standard InChI is InChI=1S/C21H23NO3/c23-20(22-12-18(16-8-9-16)19(13-22)21(24)25)10-6-14-5-7-15-3-1-2-4-17(15)11-14/h1-5,7,11,16,18-19H,6,8-10,12-13H2,(H,24,25)/t18-,19+/m1/s1. The highest BCUT2D eigenvalue weighted by Gasteiger charge is 2.46. The maximum absolute atomic E-state index is 12.6. The summed E-state index contributed by atoms with van der Waals surface area (Å²) < 4.78 is 0. The number of carbonyl (C=O) groups excluding carboxylic acids is 1. The average Bonchev–Trinajstić information content (AvgIpc) is 3.37. The lowest BCUT2D eigenvalue weighted by Gasteiger charge is -2.16. The minimum Gasteiger partial charge on any atom is -0.481 e. The third-order valence-electron chi connectivity index (χ3n) is 5.70. The Hall–Kier alpha value is -2.36. The van der Waals surface area contributed by atoms with Crippen LogP contribution < -0.4 is 0 Å². The van der Waals surface area contributed by atoms with Gasteiger partial charge >= 0.3 is 5.97 Å². The van der Waals surface area contributed by atoms with Crippen molar-refractivity contribution in [2.75, 3.05) is 13.1 Å². The van der Waals surface area contributed by atoms with Gasteiger partial charge in [-0.3, -0.25) is 9.59 Å². The van der Waals surface area contributed by atoms with Crippen LogP contribution in [0.4, 0.5) is 0 Å². The highest BCUT2D eigenvalue weighted by atomic mass is 16.4. The minimum atomic E-state index is -0.748. The molecule has 4 rings (SSSR count). The van der Waals surface area contributed by atoms with Gasteiger partial charge in [0.05, 0.1) is 5.92 Å². The molecule has 0 spiro atoms. The summed E-state index contributed by atoms with van der Waals surface area (Å²) in [5, 5.41) is 11.8. The first-order valence-corrected chi connectivity index (χ1v) is 9.10. The van der Waals surface area contributed by atoms with E-state index in [-0.39, 0.29) is 17.7 Å². The molecule has 1 saturated heterocycles. The molecular weight excluding hydrogens is 314 g/mol. The van der Waals surface area contributed by atoms with Crippen LogP contribution >= 0.6 is 0 Å². The highest BCUT2D eigenvalue weighted by Crippen LogP contribution is 2.44. The van der Waals surface area contributed by atoms with Crippen molar-refractivity contribution in [2.24, 2.45) is 17.8 Å². The number of aliphatic carboxylic acids is 1. The summed E-state index contributed by atoms with van der Waals surface area (Å²) in [4.78, 5) is 25.8. The number of carboxylic acid groups (broad SMARTS) is 1. The van der Waals surface area contributed by atoms with Crippen LogP contribution in [0.3, 0.4) is 0 Å². The lowest BCUT2D eigenvalue weighted by Crippen LogP contribution is -2.30. The van der Waals surface area contributed by atoms with E-state index in [0.717, 1.165) is 18.4 Å². The van der Waals surface area contributed by atoms with Crippen molar-refractivity contribution in [3.05, 3.63) is 48.0 Å². The summed E-state index contributed by atoms with van der Waals surface area (Å²) in [6.07, 6.45) is 3.38. The van der Waals surface area contributed by atoms with Gasteiger partial charge in [-0.15, -0.1) is 0 Å². The van der Waals surface area contributed by atoms with E-state index in [2.05, 4.69) is 30.3 Å². The molecule has 25 heavy (non-hydrogen) atoms. The largest absolute Gasteiger partial charge is 0.481 e. The second-order valence-corrected chi connectivity index (χ2v) is 7.43. The molecule has 2 atom stereocenters. The lowest BCUT2D eigenvalue weighted by molar-refractivity contribution is -0.142. The van der Waals surface area contributed by atoms with Crippen LogP contribution in [0.2, 0.25) is 0 Å². The van der Waals surface area contributed by atoms with Gasteiger partial charge in [0.25, 0.3) is 0 Å². The Morgan fingerprint density at radius 3 is 2.52 bits per heavy atom. The maximum Gasteiger partial charge on any atom is 0.308 e. The number of benzene rings is 2. The molecule has 1 amide bonds. The van der Waals surface area contributed by atoms with Crippen molar-refractivity contribution in [2.45, 2.75) is 25.7 Å². The van der Waals surface area contributed by atoms with Crippen molar-refractivity contribution in [1.82, 2.24) is 4.90 Å². The van der Waals surface area contributed by atoms with E-state index < -0.39 is 5.97 Å². The SMILES string of the molecule is O=C(O)[C@H]1CN(C(=O)CCc2ccc3ccccc3c2)C[C@@H]1C1CC1. The zero-order chi connectivity index (χ0) is 17.4. The van der Waals surface area contributed by atoms with Crippen LogP contribution in [0.15, 0.2) is 42.5 Å². The van der Waals surface area contributed by atoms with Crippen molar-refractivity contribution >= 4 is 22.6 Å². The number of hydrogen-bond donors (Lipinski definition) is 1. The molecule has 4 nitrogen and oxygen atoms in total. The minimum absolute atomic E-state index is 0.0857. The monoisotopic (exact) mass is 337 g/mol. The molecule has 1 N–H and O–H groups in total. The Balaban J connectivity index is 1.39. The molecule has 1 aliphatic heterocycles. The van der Waals surface area contributed by atoms with Gasteiger partial charge in [-0.25, -0.2) is 0 Å². The first-order chi connectivity index (χ1) is 12.1. The van der Waals surface area contributed by atoms with Gasteiger partial charge in [-0.1, -0.05) is 42.5 Å². The second kappa shape index (κ2) is 6.51. The van der Waals surface area contributed by atoms with Gasteiger partial charge in [0, 0.05) is 19.5 Å². The zero-order valence-electron chi connectivity index (χ0n) is 14.2. The van der Waals surface area contributed by atoms with E-state index in [1.807, 2.05) is 12.1 Å². The van der Waals surface area contributed by atoms with Crippen LogP contribution in [-0.4, -0.2) is 35.0 Å². The molecule has 4 heteroatoms. The lowest BCUT2D eigenvalue weighted by atomic mass is 9.92. The first kappa shape index (κ1) is 16.1. The van der Waals surface area contributed by atoms with E-state index in [1.165, 1.54) is 10.8 Å². The van der Waals surface area contributed by atoms with Crippen LogP contribution in [0, 0.1) is 17.8 Å². The Kier molecular flexibility index (Phi) is 4.20. The summed E-state index contributed by atoms with van der Waals surface area (Å²) in [6, 6.07) is 14.5. The normalized spacial score (nSPS) is 23.1. The fraction of sp³-hybridized carbons (Fsp3) is 0.429. The third kappa shape index (κ3) is 3.39. The summed E-state index contributed by atoms with van der Waals surface area (Å²) in [5.41, 5.74) is 1.15. The van der Waals surface area contributed by atoms with Crippen molar-refractivity contribution < 1.29 is 14.7 Å². The van der Waals surface area contributed by atoms with E-state index >= 15 is 0 Å². The smallest absolute Gasteiger partial charge is 0.308 e. The third-order valence-corrected chi connectivity index (χ3v) is 5.70. The summed E-state index contributed by atoms with van der Waals surface area (Å²) in [6.45, 7) is 1.01. The molecule has 1 heterocycles. The van der Waals surface area contributed by atoms with Gasteiger partial charge < -0.3 is 10.0 Å². The molecule has 2 fully saturated rings. The molecule has 0 unspecified atom stereocenters. The Morgan fingerprint density at radius 2 is 1.80 bits per heavy atom. The number of amides is 1. The van der Waals surface area contributed by atoms with Gasteiger partial charge in [-0.05, 0) is 47.4 Å². The van der Waals surface area contributed by atoms with Crippen LogP contribution in [0.25, 0.3) is 10.8 Å². The van der Waals surface area contributed by atoms with Crippen LogP contribution in [-0.2, 0) is 16.0 Å². The van der Waals surface area contributed by atoms with E-state index in [4.69, 9.17) is 0 Å². The van der Waals surface area contributed by atoms with Crippen molar-refractivity contribution in [3.63, 3.8) is 0 Å². The van der Waals surface area contributed by atoms with E-state index in [9.17, 15) is 14.7 Å². The number of likely N-dealkylation sites (tertiary alicyclic amines) is 1. The fourth-order valence-corrected chi connectivity index (χ4v) is 4.10. The molecule has 0 aromatic heterocycles. The summed E-state index contributed by atoms with van der Waals surface area (Å²) >= 11 is 0. The predicted molar refractivity (Wildman–Crippen MR) is 96.2 cm³/mol. The second-order valence-electron chi connectivity index (χ2n) is 7.43. The number of hydrogen-bond acceptors (Lipinski definition) is 2. The molecule has 0 bridgehead atoms. The molecular formula is C21H23NO3. The average molecular weight is 337 g/mol. The number of nitrogens with zero attached hydrogens (tertiary/aromatic N) is 1. The molecule has 1 aliphatic carbocycles. The van der Waals surface area contributed by atoms with Crippen molar-refractivity contribution in [3.8, 4) is 0 Å². The summed E-state index contributed by atoms with van der Waals surface area (Å²) in [5.74, 6) is -0.372. The number of fused-ring (bicyclic) bond motifs is 1. The number of rotatable bonds is 5. The quantitative estimate of drug-likeness (QED) is 0.910. The Labute approximate surface area is 147 Å². The van der Waals surface area contributed by atoms with Gasteiger partial charge in [-0.2, -0.15) is 0 Å². The van der Waals surface area contributed by atoms with Gasteiger partial charge in [0.1, 0.15) is 0 Å². The van der Waals surface area contributed by atoms with E-state index in [1.54, 1.807) is 4.90 Å².